The standard InChI is InChI=1S/C16H24FN3O5S.ClH/c1-25-16-14(17)10-13(11-15(16)20(21)22)26(23,24)19-9-8-18-12-6-4-2-3-5-7-12;/h10-12,18-19H,2-9H2,1H3;1H. The van der Waals surface area contributed by atoms with Crippen LogP contribution in [0.15, 0.2) is 17.0 Å². The Morgan fingerprint density at radius 3 is 2.41 bits per heavy atom. The molecule has 11 heteroatoms. The summed E-state index contributed by atoms with van der Waals surface area (Å²) >= 11 is 0. The van der Waals surface area contributed by atoms with Crippen molar-refractivity contribution in [3.8, 4) is 5.75 Å². The van der Waals surface area contributed by atoms with Gasteiger partial charge in [-0.3, -0.25) is 10.1 Å². The molecule has 1 aliphatic carbocycles. The van der Waals surface area contributed by atoms with Crippen molar-refractivity contribution in [3.05, 3.63) is 28.1 Å². The number of halogens is 2. The van der Waals surface area contributed by atoms with Gasteiger partial charge in [-0.1, -0.05) is 25.7 Å². The summed E-state index contributed by atoms with van der Waals surface area (Å²) in [6.07, 6.45) is 6.93. The zero-order valence-corrected chi connectivity index (χ0v) is 16.7. The minimum absolute atomic E-state index is 0. The van der Waals surface area contributed by atoms with Crippen LogP contribution in [0, 0.1) is 15.9 Å². The molecule has 0 bridgehead atoms. The van der Waals surface area contributed by atoms with Gasteiger partial charge in [0, 0.05) is 25.2 Å². The highest BCUT2D eigenvalue weighted by molar-refractivity contribution is 7.89. The second-order valence-electron chi connectivity index (χ2n) is 6.25. The zero-order chi connectivity index (χ0) is 19.2. The Balaban J connectivity index is 0.00000364. The average molecular weight is 426 g/mol. The lowest BCUT2D eigenvalue weighted by atomic mass is 10.1. The molecule has 0 heterocycles. The highest BCUT2D eigenvalue weighted by atomic mass is 35.5. The third-order valence-corrected chi connectivity index (χ3v) is 5.85. The van der Waals surface area contributed by atoms with Gasteiger partial charge in [-0.05, 0) is 18.9 Å². The lowest BCUT2D eigenvalue weighted by Crippen LogP contribution is -2.36. The number of nitrogens with zero attached hydrogens (tertiary/aromatic N) is 1. The van der Waals surface area contributed by atoms with Crippen molar-refractivity contribution in [2.75, 3.05) is 20.2 Å². The lowest BCUT2D eigenvalue weighted by molar-refractivity contribution is -0.386. The van der Waals surface area contributed by atoms with E-state index in [1.807, 2.05) is 0 Å². The normalized spacial score (nSPS) is 15.6. The predicted molar refractivity (Wildman–Crippen MR) is 102 cm³/mol. The Morgan fingerprint density at radius 1 is 1.22 bits per heavy atom. The second-order valence-corrected chi connectivity index (χ2v) is 8.02. The van der Waals surface area contributed by atoms with Gasteiger partial charge in [0.25, 0.3) is 0 Å². The van der Waals surface area contributed by atoms with E-state index in [9.17, 15) is 22.9 Å². The van der Waals surface area contributed by atoms with Crippen LogP contribution in [0.25, 0.3) is 0 Å². The Bertz CT molecular complexity index is 740. The Hall–Kier alpha value is -1.49. The summed E-state index contributed by atoms with van der Waals surface area (Å²) in [7, 11) is -2.98. The van der Waals surface area contributed by atoms with Crippen LogP contribution in [0.5, 0.6) is 5.75 Å². The largest absolute Gasteiger partial charge is 0.488 e. The first-order valence-electron chi connectivity index (χ1n) is 8.60. The van der Waals surface area contributed by atoms with Gasteiger partial charge in [0.2, 0.25) is 15.8 Å². The molecule has 1 fully saturated rings. The molecule has 1 saturated carbocycles. The van der Waals surface area contributed by atoms with E-state index in [1.165, 1.54) is 12.8 Å². The third-order valence-electron chi connectivity index (χ3n) is 4.41. The smallest absolute Gasteiger partial charge is 0.315 e. The van der Waals surface area contributed by atoms with Gasteiger partial charge in [0.05, 0.1) is 16.9 Å². The highest BCUT2D eigenvalue weighted by Gasteiger charge is 2.26. The molecule has 1 aliphatic rings. The number of nitro groups is 1. The fraction of sp³-hybridized carbons (Fsp3) is 0.625. The molecule has 2 N–H and O–H groups in total. The Kier molecular flexibility index (Phi) is 9.37. The summed E-state index contributed by atoms with van der Waals surface area (Å²) in [6.45, 7) is 0.547. The lowest BCUT2D eigenvalue weighted by Gasteiger charge is -2.16. The summed E-state index contributed by atoms with van der Waals surface area (Å²) in [6, 6.07) is 1.89. The van der Waals surface area contributed by atoms with Crippen molar-refractivity contribution in [1.29, 1.82) is 0 Å². The van der Waals surface area contributed by atoms with E-state index in [2.05, 4.69) is 14.8 Å². The molecule has 0 aromatic heterocycles. The number of methoxy groups -OCH3 is 1. The van der Waals surface area contributed by atoms with Gasteiger partial charge < -0.3 is 10.1 Å². The van der Waals surface area contributed by atoms with E-state index in [0.717, 1.165) is 38.9 Å². The predicted octanol–water partition coefficient (Wildman–Crippen LogP) is 2.76. The Labute approximate surface area is 164 Å². The molecule has 154 valence electrons. The molecule has 0 saturated heterocycles. The molecule has 0 atom stereocenters. The number of nitro benzene ring substituents is 1. The number of sulfonamides is 1. The van der Waals surface area contributed by atoms with E-state index in [4.69, 9.17) is 0 Å². The van der Waals surface area contributed by atoms with E-state index < -0.39 is 37.1 Å². The van der Waals surface area contributed by atoms with Crippen LogP contribution in [0.2, 0.25) is 0 Å². The van der Waals surface area contributed by atoms with Gasteiger partial charge in [-0.2, -0.15) is 0 Å². The zero-order valence-electron chi connectivity index (χ0n) is 15.1. The number of rotatable bonds is 8. The van der Waals surface area contributed by atoms with Crippen molar-refractivity contribution in [2.45, 2.75) is 49.5 Å². The molecule has 0 radical (unpaired) electrons. The molecule has 2 rings (SSSR count). The van der Waals surface area contributed by atoms with E-state index in [0.29, 0.717) is 18.7 Å². The van der Waals surface area contributed by atoms with Crippen molar-refractivity contribution >= 4 is 28.1 Å². The van der Waals surface area contributed by atoms with Crippen LogP contribution < -0.4 is 14.8 Å². The van der Waals surface area contributed by atoms with Crippen LogP contribution in [0.4, 0.5) is 10.1 Å². The molecule has 0 spiro atoms. The van der Waals surface area contributed by atoms with Crippen LogP contribution >= 0.6 is 12.4 Å². The number of ether oxygens (including phenoxy) is 1. The van der Waals surface area contributed by atoms with Crippen LogP contribution in [0.1, 0.15) is 38.5 Å². The number of hydrogen-bond acceptors (Lipinski definition) is 6. The molecule has 8 nitrogen and oxygen atoms in total. The molecular weight excluding hydrogens is 401 g/mol. The quantitative estimate of drug-likeness (QED) is 0.287. The van der Waals surface area contributed by atoms with Gasteiger partial charge in [-0.15, -0.1) is 12.4 Å². The first kappa shape index (κ1) is 23.5. The first-order chi connectivity index (χ1) is 12.3. The minimum atomic E-state index is -4.06. The summed E-state index contributed by atoms with van der Waals surface area (Å²) in [5.74, 6) is -1.69. The van der Waals surface area contributed by atoms with Crippen molar-refractivity contribution in [3.63, 3.8) is 0 Å². The van der Waals surface area contributed by atoms with E-state index >= 15 is 0 Å². The van der Waals surface area contributed by atoms with Crippen molar-refractivity contribution in [1.82, 2.24) is 10.0 Å². The second kappa shape index (κ2) is 10.7. The summed E-state index contributed by atoms with van der Waals surface area (Å²) < 4.78 is 45.5. The number of hydrogen-bond donors (Lipinski definition) is 2. The number of benzene rings is 1. The van der Waals surface area contributed by atoms with Gasteiger partial charge in [-0.25, -0.2) is 17.5 Å². The van der Waals surface area contributed by atoms with E-state index in [-0.39, 0.29) is 19.0 Å². The topological polar surface area (TPSA) is 111 Å². The van der Waals surface area contributed by atoms with Crippen LogP contribution in [-0.2, 0) is 10.0 Å². The molecule has 1 aromatic rings. The summed E-state index contributed by atoms with van der Waals surface area (Å²) in [5.41, 5.74) is -0.732. The summed E-state index contributed by atoms with van der Waals surface area (Å²) in [5, 5.41) is 14.3. The maximum Gasteiger partial charge on any atom is 0.315 e. The monoisotopic (exact) mass is 425 g/mol. The van der Waals surface area contributed by atoms with Crippen molar-refractivity contribution < 1.29 is 22.5 Å². The minimum Gasteiger partial charge on any atom is -0.488 e. The van der Waals surface area contributed by atoms with Crippen LogP contribution in [0.3, 0.4) is 0 Å². The average Bonchev–Trinajstić information content (AvgIpc) is 2.86. The molecule has 0 amide bonds. The van der Waals surface area contributed by atoms with Gasteiger partial charge >= 0.3 is 5.69 Å². The Morgan fingerprint density at radius 2 is 1.85 bits per heavy atom. The van der Waals surface area contributed by atoms with E-state index in [1.54, 1.807) is 0 Å². The van der Waals surface area contributed by atoms with Gasteiger partial charge in [0.15, 0.2) is 5.82 Å². The fourth-order valence-electron chi connectivity index (χ4n) is 3.08. The fourth-order valence-corrected chi connectivity index (χ4v) is 4.14. The molecule has 27 heavy (non-hydrogen) atoms. The first-order valence-corrected chi connectivity index (χ1v) is 10.1. The van der Waals surface area contributed by atoms with Crippen LogP contribution in [-0.4, -0.2) is 39.6 Å². The maximum atomic E-state index is 13.9. The number of nitrogens with one attached hydrogen (secondary N) is 2. The summed E-state index contributed by atoms with van der Waals surface area (Å²) in [4.78, 5) is 9.63. The maximum absolute atomic E-state index is 13.9. The highest BCUT2D eigenvalue weighted by Crippen LogP contribution is 2.32. The van der Waals surface area contributed by atoms with Gasteiger partial charge in [0.1, 0.15) is 0 Å². The SMILES string of the molecule is COc1c(F)cc(S(=O)(=O)NCCNC2CCCCCC2)cc1[N+](=O)[O-].Cl. The van der Waals surface area contributed by atoms with Crippen molar-refractivity contribution in [2.24, 2.45) is 0 Å². The molecule has 1 aromatic carbocycles. The molecule has 0 unspecified atom stereocenters. The molecular formula is C16H25ClFN3O5S. The molecule has 0 aliphatic heterocycles. The third kappa shape index (κ3) is 6.56.